The largest absolute Gasteiger partial charge is 0.450 e. The minimum Gasteiger partial charge on any atom is -0.450 e. The summed E-state index contributed by atoms with van der Waals surface area (Å²) in [6, 6.07) is 15.3. The molecule has 4 heteroatoms. The van der Waals surface area contributed by atoms with Crippen molar-refractivity contribution in [1.29, 1.82) is 0 Å². The fourth-order valence-electron chi connectivity index (χ4n) is 3.07. The Morgan fingerprint density at radius 1 is 1.17 bits per heavy atom. The van der Waals surface area contributed by atoms with Gasteiger partial charge in [0.05, 0.1) is 5.56 Å². The summed E-state index contributed by atoms with van der Waals surface area (Å²) in [7, 11) is 4.04. The molecule has 23 heavy (non-hydrogen) atoms. The summed E-state index contributed by atoms with van der Waals surface area (Å²) in [6.07, 6.45) is 1.39. The molecular weight excluding hydrogens is 310 g/mol. The average Bonchev–Trinajstić information content (AvgIpc) is 2.53. The average molecular weight is 330 g/mol. The summed E-state index contributed by atoms with van der Waals surface area (Å²) in [5.74, 6) is -0.259. The summed E-state index contributed by atoms with van der Waals surface area (Å²) in [6.45, 7) is 0.821. The number of hydrogen-bond donors (Lipinski definition) is 0. The van der Waals surface area contributed by atoms with Crippen LogP contribution in [0.15, 0.2) is 48.5 Å². The van der Waals surface area contributed by atoms with Gasteiger partial charge in [-0.1, -0.05) is 41.9 Å². The van der Waals surface area contributed by atoms with Gasteiger partial charge >= 0.3 is 5.97 Å². The van der Waals surface area contributed by atoms with Crippen molar-refractivity contribution >= 4 is 17.6 Å². The molecule has 3 nitrogen and oxygen atoms in total. The van der Waals surface area contributed by atoms with Gasteiger partial charge in [-0.05, 0) is 43.4 Å². The van der Waals surface area contributed by atoms with Crippen molar-refractivity contribution in [1.82, 2.24) is 4.90 Å². The Balaban J connectivity index is 2.05. The number of halogens is 1. The van der Waals surface area contributed by atoms with Crippen molar-refractivity contribution in [2.24, 2.45) is 0 Å². The van der Waals surface area contributed by atoms with Crippen molar-refractivity contribution in [3.63, 3.8) is 0 Å². The number of esters is 1. The van der Waals surface area contributed by atoms with Gasteiger partial charge in [0.25, 0.3) is 0 Å². The first kappa shape index (κ1) is 16.0. The maximum Gasteiger partial charge on any atom is 0.339 e. The number of cyclic esters (lactones) is 1. The van der Waals surface area contributed by atoms with Crippen molar-refractivity contribution in [3.05, 3.63) is 70.2 Å². The summed E-state index contributed by atoms with van der Waals surface area (Å²) in [5, 5.41) is 0.654. The minimum atomic E-state index is -0.666. The lowest BCUT2D eigenvalue weighted by Gasteiger charge is -2.39. The molecule has 120 valence electrons. The van der Waals surface area contributed by atoms with E-state index >= 15 is 0 Å². The lowest BCUT2D eigenvalue weighted by Crippen LogP contribution is -2.41. The number of rotatable bonds is 4. The van der Waals surface area contributed by atoms with Gasteiger partial charge in [0.1, 0.15) is 5.60 Å². The third-order valence-electron chi connectivity index (χ3n) is 4.31. The van der Waals surface area contributed by atoms with Crippen LogP contribution in [0, 0.1) is 0 Å². The molecule has 0 saturated carbocycles. The Labute approximate surface area is 141 Å². The van der Waals surface area contributed by atoms with Crippen LogP contribution < -0.4 is 0 Å². The van der Waals surface area contributed by atoms with E-state index in [4.69, 9.17) is 16.3 Å². The third-order valence-corrected chi connectivity index (χ3v) is 4.55. The highest BCUT2D eigenvalue weighted by Crippen LogP contribution is 2.39. The van der Waals surface area contributed by atoms with Crippen molar-refractivity contribution in [2.75, 3.05) is 20.6 Å². The van der Waals surface area contributed by atoms with E-state index in [-0.39, 0.29) is 5.97 Å². The van der Waals surface area contributed by atoms with Gasteiger partial charge in [-0.25, -0.2) is 4.79 Å². The standard InChI is InChI=1S/C19H20ClNO2/c1-21(2)11-10-19(15-7-5-8-16(20)12-15)13-14-6-3-4-9-17(14)18(22)23-19/h3-9,12H,10-11,13H2,1-2H3. The van der Waals surface area contributed by atoms with Crippen LogP contribution in [0.25, 0.3) is 0 Å². The first-order chi connectivity index (χ1) is 11.0. The molecule has 1 aliphatic heterocycles. The fourth-order valence-corrected chi connectivity index (χ4v) is 3.26. The smallest absolute Gasteiger partial charge is 0.339 e. The summed E-state index contributed by atoms with van der Waals surface area (Å²) in [5.41, 5.74) is 1.98. The topological polar surface area (TPSA) is 29.5 Å². The maximum absolute atomic E-state index is 12.5. The van der Waals surface area contributed by atoms with Crippen LogP contribution in [0.4, 0.5) is 0 Å². The lowest BCUT2D eigenvalue weighted by molar-refractivity contribution is -0.0355. The molecule has 0 radical (unpaired) electrons. The SMILES string of the molecule is CN(C)CCC1(c2cccc(Cl)c2)Cc2ccccc2C(=O)O1. The lowest BCUT2D eigenvalue weighted by atomic mass is 9.81. The third kappa shape index (κ3) is 3.26. The van der Waals surface area contributed by atoms with Gasteiger partial charge in [0.15, 0.2) is 0 Å². The molecule has 1 unspecified atom stereocenters. The number of ether oxygens (including phenoxy) is 1. The number of fused-ring (bicyclic) bond motifs is 1. The zero-order chi connectivity index (χ0) is 16.4. The number of nitrogens with zero attached hydrogens (tertiary/aromatic N) is 1. The van der Waals surface area contributed by atoms with E-state index in [9.17, 15) is 4.79 Å². The predicted octanol–water partition coefficient (Wildman–Crippen LogP) is 3.90. The molecule has 1 aliphatic rings. The molecule has 0 N–H and O–H groups in total. The van der Waals surface area contributed by atoms with Crippen molar-refractivity contribution < 1.29 is 9.53 Å². The Hall–Kier alpha value is -1.84. The van der Waals surface area contributed by atoms with E-state index in [2.05, 4.69) is 4.90 Å². The first-order valence-corrected chi connectivity index (χ1v) is 8.10. The molecule has 0 bridgehead atoms. The van der Waals surface area contributed by atoms with E-state index < -0.39 is 5.60 Å². The summed E-state index contributed by atoms with van der Waals surface area (Å²) < 4.78 is 5.97. The maximum atomic E-state index is 12.5. The van der Waals surface area contributed by atoms with Crippen molar-refractivity contribution in [3.8, 4) is 0 Å². The number of carbonyl (C=O) groups is 1. The second-order valence-electron chi connectivity index (χ2n) is 6.28. The molecule has 0 spiro atoms. The molecule has 3 rings (SSSR count). The van der Waals surface area contributed by atoms with Crippen LogP contribution in [0.2, 0.25) is 5.02 Å². The monoisotopic (exact) mass is 329 g/mol. The molecule has 1 heterocycles. The highest BCUT2D eigenvalue weighted by Gasteiger charge is 2.41. The van der Waals surface area contributed by atoms with Gasteiger partial charge in [0.2, 0.25) is 0 Å². The zero-order valence-corrected chi connectivity index (χ0v) is 14.1. The van der Waals surface area contributed by atoms with Crippen LogP contribution in [-0.2, 0) is 16.8 Å². The summed E-state index contributed by atoms with van der Waals surface area (Å²) in [4.78, 5) is 14.6. The van der Waals surface area contributed by atoms with Gasteiger partial charge in [-0.3, -0.25) is 0 Å². The normalized spacial score (nSPS) is 20.3. The van der Waals surface area contributed by atoms with Crippen LogP contribution in [0.5, 0.6) is 0 Å². The molecule has 0 fully saturated rings. The van der Waals surface area contributed by atoms with Crippen molar-refractivity contribution in [2.45, 2.75) is 18.4 Å². The van der Waals surface area contributed by atoms with Gasteiger partial charge < -0.3 is 9.64 Å². The summed E-state index contributed by atoms with van der Waals surface area (Å²) >= 11 is 6.17. The van der Waals surface area contributed by atoms with E-state index in [1.807, 2.05) is 62.6 Å². The molecule has 0 aromatic heterocycles. The number of carbonyl (C=O) groups excluding carboxylic acids is 1. The van der Waals surface area contributed by atoms with Crippen LogP contribution in [-0.4, -0.2) is 31.5 Å². The Morgan fingerprint density at radius 2 is 1.96 bits per heavy atom. The highest BCUT2D eigenvalue weighted by molar-refractivity contribution is 6.30. The van der Waals surface area contributed by atoms with E-state index in [1.54, 1.807) is 0 Å². The number of benzene rings is 2. The van der Waals surface area contributed by atoms with E-state index in [0.29, 0.717) is 17.0 Å². The predicted molar refractivity (Wildman–Crippen MR) is 91.9 cm³/mol. The Kier molecular flexibility index (Phi) is 4.42. The van der Waals surface area contributed by atoms with Crippen LogP contribution >= 0.6 is 11.6 Å². The van der Waals surface area contributed by atoms with Crippen LogP contribution in [0.3, 0.4) is 0 Å². The molecule has 2 aromatic rings. The number of hydrogen-bond acceptors (Lipinski definition) is 3. The second-order valence-corrected chi connectivity index (χ2v) is 6.72. The van der Waals surface area contributed by atoms with Crippen LogP contribution in [0.1, 0.15) is 27.9 Å². The first-order valence-electron chi connectivity index (χ1n) is 7.72. The van der Waals surface area contributed by atoms with E-state index in [0.717, 1.165) is 24.1 Å². The molecule has 1 atom stereocenters. The molecule has 0 saturated heterocycles. The molecule has 0 amide bonds. The second kappa shape index (κ2) is 6.34. The molecule has 2 aromatic carbocycles. The highest BCUT2D eigenvalue weighted by atomic mass is 35.5. The fraction of sp³-hybridized carbons (Fsp3) is 0.316. The zero-order valence-electron chi connectivity index (χ0n) is 13.4. The Bertz CT molecular complexity index is 729. The molecule has 0 aliphatic carbocycles. The van der Waals surface area contributed by atoms with E-state index in [1.165, 1.54) is 0 Å². The molecular formula is C19H20ClNO2. The van der Waals surface area contributed by atoms with Gasteiger partial charge in [-0.2, -0.15) is 0 Å². The van der Waals surface area contributed by atoms with Gasteiger partial charge in [0, 0.05) is 24.4 Å². The minimum absolute atomic E-state index is 0.259. The Morgan fingerprint density at radius 3 is 2.70 bits per heavy atom. The quantitative estimate of drug-likeness (QED) is 0.797. The van der Waals surface area contributed by atoms with Gasteiger partial charge in [-0.15, -0.1) is 0 Å².